The molecule has 2 heterocycles. The molecular weight excluding hydrogens is 407 g/mol. The van der Waals surface area contributed by atoms with Crippen LogP contribution in [0.1, 0.15) is 44.4 Å². The number of nitrogens with zero attached hydrogens (tertiary/aromatic N) is 2. The lowest BCUT2D eigenvalue weighted by Crippen LogP contribution is -2.31. The predicted octanol–water partition coefficient (Wildman–Crippen LogP) is 5.16. The zero-order valence-electron chi connectivity index (χ0n) is 16.5. The van der Waals surface area contributed by atoms with E-state index in [0.29, 0.717) is 21.3 Å². The molecule has 0 bridgehead atoms. The summed E-state index contributed by atoms with van der Waals surface area (Å²) in [6.07, 6.45) is 0. The lowest BCUT2D eigenvalue weighted by molar-refractivity contribution is 0.102. The van der Waals surface area contributed by atoms with Gasteiger partial charge in [-0.1, -0.05) is 35.3 Å². The molecule has 0 saturated heterocycles. The Kier molecular flexibility index (Phi) is 5.38. The van der Waals surface area contributed by atoms with E-state index in [0.717, 1.165) is 41.2 Å². The van der Waals surface area contributed by atoms with Crippen LogP contribution < -0.4 is 5.32 Å². The van der Waals surface area contributed by atoms with E-state index in [4.69, 9.17) is 23.2 Å². The molecule has 1 atom stereocenters. The number of hydrogen-bond donors (Lipinski definition) is 2. The van der Waals surface area contributed by atoms with Gasteiger partial charge in [-0.2, -0.15) is 5.10 Å². The molecule has 0 spiro atoms. The smallest absolute Gasteiger partial charge is 0.259 e. The van der Waals surface area contributed by atoms with Crippen LogP contribution in [0.4, 0.5) is 5.69 Å². The van der Waals surface area contributed by atoms with Crippen LogP contribution in [0.2, 0.25) is 10.0 Å². The summed E-state index contributed by atoms with van der Waals surface area (Å²) in [5.74, 6) is -0.0487. The topological polar surface area (TPSA) is 61.0 Å². The number of carbonyl (C=O) groups is 1. The molecule has 0 fully saturated rings. The highest BCUT2D eigenvalue weighted by Gasteiger charge is 2.27. The fourth-order valence-electron chi connectivity index (χ4n) is 4.04. The van der Waals surface area contributed by atoms with E-state index in [-0.39, 0.29) is 11.8 Å². The molecule has 1 unspecified atom stereocenters. The molecule has 1 amide bonds. The Morgan fingerprint density at radius 2 is 2.03 bits per heavy atom. The van der Waals surface area contributed by atoms with Crippen molar-refractivity contribution < 1.29 is 4.79 Å². The van der Waals surface area contributed by atoms with Crippen molar-refractivity contribution in [2.24, 2.45) is 0 Å². The van der Waals surface area contributed by atoms with Gasteiger partial charge in [-0.05, 0) is 61.9 Å². The molecule has 1 aliphatic heterocycles. The number of amides is 1. The maximum Gasteiger partial charge on any atom is 0.259 e. The van der Waals surface area contributed by atoms with Gasteiger partial charge in [0.05, 0.1) is 11.3 Å². The fraction of sp³-hybridized carbons (Fsp3) is 0.273. The minimum atomic E-state index is -0.168. The normalized spacial score (nSPS) is 16.5. The van der Waals surface area contributed by atoms with Crippen LogP contribution in [0.5, 0.6) is 0 Å². The van der Waals surface area contributed by atoms with Gasteiger partial charge in [-0.3, -0.25) is 9.89 Å². The van der Waals surface area contributed by atoms with Crippen LogP contribution in [0, 0.1) is 13.8 Å². The van der Waals surface area contributed by atoms with E-state index in [1.54, 1.807) is 6.07 Å². The number of anilines is 1. The molecule has 2 N–H and O–H groups in total. The molecule has 7 heteroatoms. The number of nitrogens with one attached hydrogen (secondary N) is 2. The van der Waals surface area contributed by atoms with Gasteiger partial charge in [0.1, 0.15) is 0 Å². The van der Waals surface area contributed by atoms with Crippen molar-refractivity contribution >= 4 is 34.8 Å². The summed E-state index contributed by atoms with van der Waals surface area (Å²) in [6, 6.07) is 11.7. The number of likely N-dealkylation sites (N-methyl/N-ethyl adjacent to an activating group) is 1. The SMILES string of the molecule is Cc1n[nH]c(C)c1C(=O)Nc1cccc(C2CN(C)Cc3c(Cl)cc(Cl)cc32)c1. The summed E-state index contributed by atoms with van der Waals surface area (Å²) in [6.45, 7) is 5.29. The quantitative estimate of drug-likeness (QED) is 0.605. The molecule has 1 aliphatic rings. The molecule has 3 aromatic rings. The molecule has 2 aromatic carbocycles. The highest BCUT2D eigenvalue weighted by atomic mass is 35.5. The van der Waals surface area contributed by atoms with Crippen molar-refractivity contribution in [1.82, 2.24) is 15.1 Å². The van der Waals surface area contributed by atoms with Gasteiger partial charge in [0.2, 0.25) is 0 Å². The second kappa shape index (κ2) is 7.82. The first-order valence-electron chi connectivity index (χ1n) is 9.42. The van der Waals surface area contributed by atoms with Gasteiger partial charge in [-0.25, -0.2) is 0 Å². The molecule has 1 aromatic heterocycles. The van der Waals surface area contributed by atoms with Crippen LogP contribution in [-0.2, 0) is 6.54 Å². The third-order valence-electron chi connectivity index (χ3n) is 5.39. The first kappa shape index (κ1) is 20.0. The largest absolute Gasteiger partial charge is 0.322 e. The maximum atomic E-state index is 12.7. The molecule has 4 rings (SSSR count). The molecule has 0 saturated carbocycles. The number of rotatable bonds is 3. The van der Waals surface area contributed by atoms with Crippen molar-refractivity contribution in [1.29, 1.82) is 0 Å². The fourth-order valence-corrected chi connectivity index (χ4v) is 4.61. The summed E-state index contributed by atoms with van der Waals surface area (Å²) < 4.78 is 0. The van der Waals surface area contributed by atoms with E-state index in [9.17, 15) is 4.79 Å². The number of benzene rings is 2. The Morgan fingerprint density at radius 3 is 2.76 bits per heavy atom. The summed E-state index contributed by atoms with van der Waals surface area (Å²) in [7, 11) is 2.08. The van der Waals surface area contributed by atoms with Crippen molar-refractivity contribution in [2.75, 3.05) is 18.9 Å². The van der Waals surface area contributed by atoms with Gasteiger partial charge in [-0.15, -0.1) is 0 Å². The van der Waals surface area contributed by atoms with Gasteiger partial charge in [0.25, 0.3) is 5.91 Å². The lowest BCUT2D eigenvalue weighted by Gasteiger charge is -2.33. The molecule has 29 heavy (non-hydrogen) atoms. The second-order valence-corrected chi connectivity index (χ2v) is 8.44. The average Bonchev–Trinajstić information content (AvgIpc) is 3.00. The first-order chi connectivity index (χ1) is 13.8. The zero-order chi connectivity index (χ0) is 20.7. The Bertz CT molecular complexity index is 1070. The van der Waals surface area contributed by atoms with Crippen LogP contribution in [0.15, 0.2) is 36.4 Å². The second-order valence-electron chi connectivity index (χ2n) is 7.59. The third kappa shape index (κ3) is 3.90. The Labute approximate surface area is 180 Å². The van der Waals surface area contributed by atoms with Crippen LogP contribution >= 0.6 is 23.2 Å². The average molecular weight is 429 g/mol. The third-order valence-corrected chi connectivity index (χ3v) is 5.95. The van der Waals surface area contributed by atoms with Crippen molar-refractivity contribution in [3.05, 3.63) is 80.1 Å². The van der Waals surface area contributed by atoms with Crippen LogP contribution in [-0.4, -0.2) is 34.6 Å². The molecule has 5 nitrogen and oxygen atoms in total. The van der Waals surface area contributed by atoms with Gasteiger partial charge < -0.3 is 10.2 Å². The van der Waals surface area contributed by atoms with E-state index in [1.165, 1.54) is 0 Å². The van der Waals surface area contributed by atoms with Crippen molar-refractivity contribution in [3.63, 3.8) is 0 Å². The number of hydrogen-bond acceptors (Lipinski definition) is 3. The van der Waals surface area contributed by atoms with Crippen molar-refractivity contribution in [2.45, 2.75) is 26.3 Å². The summed E-state index contributed by atoms with van der Waals surface area (Å²) >= 11 is 12.8. The van der Waals surface area contributed by atoms with Crippen LogP contribution in [0.25, 0.3) is 0 Å². The number of fused-ring (bicyclic) bond motifs is 1. The minimum Gasteiger partial charge on any atom is -0.322 e. The zero-order valence-corrected chi connectivity index (χ0v) is 18.0. The van der Waals surface area contributed by atoms with E-state index in [1.807, 2.05) is 38.1 Å². The summed E-state index contributed by atoms with van der Waals surface area (Å²) in [5, 5.41) is 11.3. The first-order valence-corrected chi connectivity index (χ1v) is 10.2. The Morgan fingerprint density at radius 1 is 1.24 bits per heavy atom. The van der Waals surface area contributed by atoms with Gasteiger partial charge in [0.15, 0.2) is 0 Å². The van der Waals surface area contributed by atoms with E-state index in [2.05, 4.69) is 33.5 Å². The standard InChI is InChI=1S/C22H22Cl2N4O/c1-12-21(13(2)27-26-12)22(29)25-16-6-4-5-14(7-16)18-10-28(3)11-19-17(18)8-15(23)9-20(19)24/h4-9,18H,10-11H2,1-3H3,(H,25,29)(H,26,27). The maximum absolute atomic E-state index is 12.7. The summed E-state index contributed by atoms with van der Waals surface area (Å²) in [5.41, 5.74) is 6.12. The molecule has 0 radical (unpaired) electrons. The number of aromatic nitrogens is 2. The van der Waals surface area contributed by atoms with E-state index >= 15 is 0 Å². The summed E-state index contributed by atoms with van der Waals surface area (Å²) in [4.78, 5) is 15.0. The van der Waals surface area contributed by atoms with E-state index < -0.39 is 0 Å². The Hall–Kier alpha value is -2.34. The molecular formula is C22H22Cl2N4O. The van der Waals surface area contributed by atoms with Crippen molar-refractivity contribution in [3.8, 4) is 0 Å². The lowest BCUT2D eigenvalue weighted by atomic mass is 9.84. The molecule has 0 aliphatic carbocycles. The van der Waals surface area contributed by atoms with Crippen LogP contribution in [0.3, 0.4) is 0 Å². The number of H-pyrrole nitrogens is 1. The number of aryl methyl sites for hydroxylation is 2. The molecule has 150 valence electrons. The van der Waals surface area contributed by atoms with Gasteiger partial charge in [0, 0.05) is 40.4 Å². The van der Waals surface area contributed by atoms with Gasteiger partial charge >= 0.3 is 0 Å². The highest BCUT2D eigenvalue weighted by Crippen LogP contribution is 2.38. The number of halogens is 2. The minimum absolute atomic E-state index is 0.120. The monoisotopic (exact) mass is 428 g/mol. The Balaban J connectivity index is 1.67. The highest BCUT2D eigenvalue weighted by molar-refractivity contribution is 6.35. The number of aromatic amines is 1. The number of carbonyl (C=O) groups excluding carboxylic acids is 1. The predicted molar refractivity (Wildman–Crippen MR) is 117 cm³/mol.